The summed E-state index contributed by atoms with van der Waals surface area (Å²) >= 11 is 3.67. The van der Waals surface area contributed by atoms with Crippen LogP contribution in [0.1, 0.15) is 43.2 Å². The van der Waals surface area contributed by atoms with Gasteiger partial charge in [-0.3, -0.25) is 0 Å². The quantitative estimate of drug-likeness (QED) is 0.640. The Bertz CT molecular complexity index is 363. The van der Waals surface area contributed by atoms with Crippen LogP contribution in [0.15, 0.2) is 22.7 Å². The van der Waals surface area contributed by atoms with Crippen LogP contribution in [0, 0.1) is 0 Å². The second-order valence-corrected chi connectivity index (χ2v) is 5.44. The zero-order valence-electron chi connectivity index (χ0n) is 7.81. The summed E-state index contributed by atoms with van der Waals surface area (Å²) < 4.78 is 1.32. The van der Waals surface area contributed by atoms with Crippen LogP contribution in [-0.4, -0.2) is 0 Å². The Labute approximate surface area is 87.5 Å². The molecule has 1 saturated carbocycles. The number of hydrogen-bond donors (Lipinski definition) is 0. The number of fused-ring (bicyclic) bond motifs is 2. The lowest BCUT2D eigenvalue weighted by Gasteiger charge is -2.07. The van der Waals surface area contributed by atoms with Gasteiger partial charge in [0.2, 0.25) is 0 Å². The van der Waals surface area contributed by atoms with Crippen LogP contribution in [0.5, 0.6) is 0 Å². The monoisotopic (exact) mass is 236 g/mol. The topological polar surface area (TPSA) is 0 Å². The van der Waals surface area contributed by atoms with Crippen molar-refractivity contribution in [2.24, 2.45) is 0 Å². The van der Waals surface area contributed by atoms with Gasteiger partial charge in [-0.05, 0) is 47.8 Å². The normalized spacial score (nSPS) is 27.7. The van der Waals surface area contributed by atoms with Crippen molar-refractivity contribution in [1.82, 2.24) is 0 Å². The first-order chi connectivity index (χ1) is 6.23. The van der Waals surface area contributed by atoms with Crippen LogP contribution < -0.4 is 0 Å². The van der Waals surface area contributed by atoms with Gasteiger partial charge in [0.1, 0.15) is 0 Å². The lowest BCUT2D eigenvalue weighted by molar-refractivity contribution is 0.613. The SMILES string of the molecule is C[C@@H]1CC2(CC2)c2cccc(Br)c21. The van der Waals surface area contributed by atoms with Crippen molar-refractivity contribution >= 4 is 15.9 Å². The highest BCUT2D eigenvalue weighted by atomic mass is 79.9. The van der Waals surface area contributed by atoms with E-state index in [2.05, 4.69) is 41.1 Å². The van der Waals surface area contributed by atoms with Gasteiger partial charge in [-0.2, -0.15) is 0 Å². The molecule has 1 atom stereocenters. The van der Waals surface area contributed by atoms with E-state index in [-0.39, 0.29) is 0 Å². The zero-order chi connectivity index (χ0) is 9.05. The van der Waals surface area contributed by atoms with E-state index in [1.807, 2.05) is 0 Å². The second-order valence-electron chi connectivity index (χ2n) is 4.59. The van der Waals surface area contributed by atoms with Gasteiger partial charge in [0, 0.05) is 4.47 Å². The largest absolute Gasteiger partial charge is 0.0608 e. The molecule has 0 saturated heterocycles. The summed E-state index contributed by atoms with van der Waals surface area (Å²) in [6.07, 6.45) is 4.21. The molecule has 0 aliphatic heterocycles. The molecule has 1 heteroatoms. The molecular weight excluding hydrogens is 224 g/mol. The number of hydrogen-bond acceptors (Lipinski definition) is 0. The maximum atomic E-state index is 3.67. The lowest BCUT2D eigenvalue weighted by atomic mass is 9.99. The highest BCUT2D eigenvalue weighted by Crippen LogP contribution is 2.61. The molecule has 0 nitrogen and oxygen atoms in total. The van der Waals surface area contributed by atoms with E-state index in [0.29, 0.717) is 5.41 Å². The summed E-state index contributed by atoms with van der Waals surface area (Å²) in [5, 5.41) is 0. The Morgan fingerprint density at radius 2 is 2.15 bits per heavy atom. The smallest absolute Gasteiger partial charge is 0.0212 e. The first-order valence-electron chi connectivity index (χ1n) is 5.02. The molecule has 1 fully saturated rings. The molecule has 0 amide bonds. The van der Waals surface area contributed by atoms with Gasteiger partial charge in [-0.25, -0.2) is 0 Å². The van der Waals surface area contributed by atoms with Crippen LogP contribution in [0.3, 0.4) is 0 Å². The molecular formula is C12H13Br. The Morgan fingerprint density at radius 3 is 2.85 bits per heavy atom. The predicted molar refractivity (Wildman–Crippen MR) is 58.1 cm³/mol. The lowest BCUT2D eigenvalue weighted by Crippen LogP contribution is -1.98. The Morgan fingerprint density at radius 1 is 1.38 bits per heavy atom. The summed E-state index contributed by atoms with van der Waals surface area (Å²) in [7, 11) is 0. The molecule has 68 valence electrons. The first kappa shape index (κ1) is 8.05. The van der Waals surface area contributed by atoms with E-state index < -0.39 is 0 Å². The minimum atomic E-state index is 0.610. The zero-order valence-corrected chi connectivity index (χ0v) is 9.39. The van der Waals surface area contributed by atoms with E-state index in [0.717, 1.165) is 5.92 Å². The van der Waals surface area contributed by atoms with Crippen molar-refractivity contribution in [1.29, 1.82) is 0 Å². The Balaban J connectivity index is 2.25. The molecule has 0 bridgehead atoms. The maximum absolute atomic E-state index is 3.67. The summed E-state index contributed by atoms with van der Waals surface area (Å²) in [5.74, 6) is 0.757. The summed E-state index contributed by atoms with van der Waals surface area (Å²) in [4.78, 5) is 0. The van der Waals surface area contributed by atoms with Crippen LogP contribution in [0.4, 0.5) is 0 Å². The molecule has 13 heavy (non-hydrogen) atoms. The average molecular weight is 237 g/mol. The molecule has 1 spiro atoms. The van der Waals surface area contributed by atoms with E-state index in [1.165, 1.54) is 23.7 Å². The molecule has 0 radical (unpaired) electrons. The molecule has 0 heterocycles. The molecule has 3 rings (SSSR count). The standard InChI is InChI=1S/C12H13Br/c1-8-7-12(5-6-12)9-3-2-4-10(13)11(8)9/h2-4,8H,5-7H2,1H3/t8-/m1/s1. The van der Waals surface area contributed by atoms with Crippen molar-refractivity contribution in [3.8, 4) is 0 Å². The fourth-order valence-corrected chi connectivity index (χ4v) is 3.68. The highest BCUT2D eigenvalue weighted by Gasteiger charge is 2.51. The van der Waals surface area contributed by atoms with Crippen molar-refractivity contribution in [2.75, 3.05) is 0 Å². The van der Waals surface area contributed by atoms with Gasteiger partial charge in [0.25, 0.3) is 0 Å². The molecule has 0 aromatic heterocycles. The van der Waals surface area contributed by atoms with Crippen molar-refractivity contribution in [2.45, 2.75) is 37.5 Å². The third-order valence-electron chi connectivity index (χ3n) is 3.67. The third kappa shape index (κ3) is 0.969. The van der Waals surface area contributed by atoms with E-state index in [4.69, 9.17) is 0 Å². The molecule has 1 aromatic carbocycles. The molecule has 2 aliphatic carbocycles. The van der Waals surface area contributed by atoms with Crippen molar-refractivity contribution in [3.05, 3.63) is 33.8 Å². The summed E-state index contributed by atoms with van der Waals surface area (Å²) in [6, 6.07) is 6.69. The second kappa shape index (κ2) is 2.38. The van der Waals surface area contributed by atoms with Gasteiger partial charge in [-0.1, -0.05) is 35.0 Å². The third-order valence-corrected chi connectivity index (χ3v) is 4.36. The number of halogens is 1. The fourth-order valence-electron chi connectivity index (χ4n) is 2.92. The van der Waals surface area contributed by atoms with Gasteiger partial charge >= 0.3 is 0 Å². The average Bonchev–Trinajstić information content (AvgIpc) is 2.78. The molecule has 1 aromatic rings. The first-order valence-corrected chi connectivity index (χ1v) is 5.81. The predicted octanol–water partition coefficient (Wildman–Crippen LogP) is 3.99. The fraction of sp³-hybridized carbons (Fsp3) is 0.500. The summed E-state index contributed by atoms with van der Waals surface area (Å²) in [5.41, 5.74) is 3.83. The Hall–Kier alpha value is -0.300. The van der Waals surface area contributed by atoms with Crippen LogP contribution >= 0.6 is 15.9 Å². The minimum absolute atomic E-state index is 0.610. The van der Waals surface area contributed by atoms with Crippen molar-refractivity contribution in [3.63, 3.8) is 0 Å². The Kier molecular flexibility index (Phi) is 1.48. The van der Waals surface area contributed by atoms with E-state index in [9.17, 15) is 0 Å². The highest BCUT2D eigenvalue weighted by molar-refractivity contribution is 9.10. The van der Waals surface area contributed by atoms with Crippen LogP contribution in [0.25, 0.3) is 0 Å². The number of rotatable bonds is 0. The minimum Gasteiger partial charge on any atom is -0.0608 e. The molecule has 0 unspecified atom stereocenters. The van der Waals surface area contributed by atoms with E-state index in [1.54, 1.807) is 11.1 Å². The van der Waals surface area contributed by atoms with Gasteiger partial charge in [0.15, 0.2) is 0 Å². The van der Waals surface area contributed by atoms with E-state index >= 15 is 0 Å². The molecule has 2 aliphatic rings. The number of benzene rings is 1. The summed E-state index contributed by atoms with van der Waals surface area (Å²) in [6.45, 7) is 2.36. The van der Waals surface area contributed by atoms with Gasteiger partial charge in [0.05, 0.1) is 0 Å². The van der Waals surface area contributed by atoms with Gasteiger partial charge in [-0.15, -0.1) is 0 Å². The molecule has 0 N–H and O–H groups in total. The van der Waals surface area contributed by atoms with Crippen molar-refractivity contribution < 1.29 is 0 Å². The van der Waals surface area contributed by atoms with Gasteiger partial charge < -0.3 is 0 Å². The maximum Gasteiger partial charge on any atom is 0.0212 e. The van der Waals surface area contributed by atoms with Crippen LogP contribution in [-0.2, 0) is 5.41 Å². The van der Waals surface area contributed by atoms with Crippen LogP contribution in [0.2, 0.25) is 0 Å².